The summed E-state index contributed by atoms with van der Waals surface area (Å²) in [6.45, 7) is 2.70. The van der Waals surface area contributed by atoms with Gasteiger partial charge in [-0.05, 0) is 17.2 Å². The summed E-state index contributed by atoms with van der Waals surface area (Å²) < 4.78 is 2.01. The number of phenolic OH excluding ortho intramolecular Hbond substituents is 1. The van der Waals surface area contributed by atoms with E-state index in [1.807, 2.05) is 16.7 Å². The van der Waals surface area contributed by atoms with E-state index in [0.29, 0.717) is 17.7 Å². The second-order valence-corrected chi connectivity index (χ2v) is 6.71. The van der Waals surface area contributed by atoms with Gasteiger partial charge in [0.15, 0.2) is 11.6 Å². The highest BCUT2D eigenvalue weighted by molar-refractivity contribution is 6.29. The zero-order valence-corrected chi connectivity index (χ0v) is 13.6. The number of ketones is 2. The first-order valence-corrected chi connectivity index (χ1v) is 8.30. The number of hydrogen-bond donors (Lipinski definition) is 1. The lowest BCUT2D eigenvalue weighted by atomic mass is 9.81. The van der Waals surface area contributed by atoms with Gasteiger partial charge in [0.2, 0.25) is 0 Å². The molecule has 122 valence electrons. The first-order chi connectivity index (χ1) is 12.1. The van der Waals surface area contributed by atoms with Gasteiger partial charge in [-0.15, -0.1) is 0 Å². The number of fused-ring (bicyclic) bond motifs is 5. The third kappa shape index (κ3) is 1.71. The van der Waals surface area contributed by atoms with Crippen LogP contribution in [-0.4, -0.2) is 21.2 Å². The van der Waals surface area contributed by atoms with Crippen LogP contribution >= 0.6 is 0 Å². The molecule has 2 aliphatic rings. The molecular weight excluding hydrogens is 314 g/mol. The minimum absolute atomic E-state index is 0.0119. The number of nitrogens with zero attached hydrogens (tertiary/aromatic N) is 1. The fourth-order valence-electron chi connectivity index (χ4n) is 4.25. The predicted molar refractivity (Wildman–Crippen MR) is 92.5 cm³/mol. The minimum atomic E-state index is -0.261. The number of carbonyl (C=O) groups is 2. The lowest BCUT2D eigenvalue weighted by molar-refractivity contribution is 0.0977. The van der Waals surface area contributed by atoms with Gasteiger partial charge in [-0.2, -0.15) is 0 Å². The van der Waals surface area contributed by atoms with Crippen molar-refractivity contribution in [2.75, 3.05) is 0 Å². The van der Waals surface area contributed by atoms with Gasteiger partial charge in [0.1, 0.15) is 5.75 Å². The summed E-state index contributed by atoms with van der Waals surface area (Å²) >= 11 is 0. The van der Waals surface area contributed by atoms with Crippen LogP contribution in [-0.2, 0) is 6.54 Å². The van der Waals surface area contributed by atoms with Crippen LogP contribution in [0.25, 0.3) is 0 Å². The quantitative estimate of drug-likeness (QED) is 0.537. The van der Waals surface area contributed by atoms with E-state index >= 15 is 0 Å². The molecule has 1 aliphatic carbocycles. The van der Waals surface area contributed by atoms with Crippen LogP contribution in [0.3, 0.4) is 0 Å². The van der Waals surface area contributed by atoms with Crippen LogP contribution in [0, 0.1) is 0 Å². The molecule has 25 heavy (non-hydrogen) atoms. The van der Waals surface area contributed by atoms with E-state index in [-0.39, 0.29) is 34.4 Å². The average Bonchev–Trinajstić information content (AvgIpc) is 3.00. The van der Waals surface area contributed by atoms with Crippen molar-refractivity contribution in [3.8, 4) is 5.75 Å². The Kier molecular flexibility index (Phi) is 2.67. The highest BCUT2D eigenvalue weighted by Crippen LogP contribution is 2.41. The van der Waals surface area contributed by atoms with Gasteiger partial charge in [0, 0.05) is 29.9 Å². The number of aromatic hydroxyl groups is 1. The van der Waals surface area contributed by atoms with E-state index < -0.39 is 0 Å². The number of aromatic nitrogens is 1. The molecule has 2 heterocycles. The molecule has 1 atom stereocenters. The van der Waals surface area contributed by atoms with Crippen molar-refractivity contribution in [3.05, 3.63) is 87.7 Å². The van der Waals surface area contributed by atoms with Crippen molar-refractivity contribution in [1.82, 2.24) is 4.57 Å². The number of hydrogen-bond acceptors (Lipinski definition) is 3. The van der Waals surface area contributed by atoms with Crippen LogP contribution in [0.5, 0.6) is 5.75 Å². The van der Waals surface area contributed by atoms with Crippen molar-refractivity contribution in [1.29, 1.82) is 0 Å². The molecule has 4 heteroatoms. The maximum Gasteiger partial charge on any atom is 0.200 e. The van der Waals surface area contributed by atoms with Crippen LogP contribution in [0.1, 0.15) is 61.5 Å². The maximum absolute atomic E-state index is 13.1. The number of benzene rings is 2. The Hall–Kier alpha value is -3.14. The number of rotatable bonds is 0. The van der Waals surface area contributed by atoms with Crippen LogP contribution in [0.2, 0.25) is 0 Å². The Morgan fingerprint density at radius 2 is 1.76 bits per heavy atom. The molecule has 0 saturated heterocycles. The summed E-state index contributed by atoms with van der Waals surface area (Å²) in [5, 5.41) is 10.2. The molecule has 1 aromatic heterocycles. The summed E-state index contributed by atoms with van der Waals surface area (Å²) in [5.41, 5.74) is 4.54. The monoisotopic (exact) mass is 329 g/mol. The minimum Gasteiger partial charge on any atom is -0.507 e. The van der Waals surface area contributed by atoms with Gasteiger partial charge in [0.05, 0.1) is 16.7 Å². The number of carbonyl (C=O) groups excluding carboxylic acids is 2. The molecule has 1 unspecified atom stereocenters. The lowest BCUT2D eigenvalue weighted by Gasteiger charge is -2.27. The molecule has 1 N–H and O–H groups in total. The molecule has 0 bridgehead atoms. The van der Waals surface area contributed by atoms with Crippen molar-refractivity contribution in [3.63, 3.8) is 0 Å². The van der Waals surface area contributed by atoms with E-state index in [4.69, 9.17) is 0 Å². The SMILES string of the molecule is CC1c2ccccc2Cn2cc3c(c21)C(=O)c1c(O)cccc1C3=O. The summed E-state index contributed by atoms with van der Waals surface area (Å²) in [5.74, 6) is -0.579. The molecule has 0 fully saturated rings. The molecule has 2 aromatic carbocycles. The Labute approximate surface area is 144 Å². The van der Waals surface area contributed by atoms with Crippen molar-refractivity contribution < 1.29 is 14.7 Å². The van der Waals surface area contributed by atoms with Gasteiger partial charge in [-0.3, -0.25) is 9.59 Å². The third-order valence-corrected chi connectivity index (χ3v) is 5.38. The largest absolute Gasteiger partial charge is 0.507 e. The molecular formula is C21H15NO3. The van der Waals surface area contributed by atoms with E-state index in [2.05, 4.69) is 19.1 Å². The standard InChI is InChI=1S/C21H15NO3/c1-11-13-6-3-2-5-12(13)9-22-10-15-18(19(11)22)21(25)17-14(20(15)24)7-4-8-16(17)23/h2-8,10-11,23H,9H2,1H3. The fraction of sp³-hybridized carbons (Fsp3) is 0.143. The summed E-state index contributed by atoms with van der Waals surface area (Å²) in [6, 6.07) is 12.8. The molecule has 1 aliphatic heterocycles. The van der Waals surface area contributed by atoms with E-state index in [9.17, 15) is 14.7 Å². The molecule has 5 rings (SSSR count). The smallest absolute Gasteiger partial charge is 0.200 e. The summed E-state index contributed by atoms with van der Waals surface area (Å²) in [7, 11) is 0. The normalized spacial score (nSPS) is 17.6. The van der Waals surface area contributed by atoms with Gasteiger partial charge in [-0.1, -0.05) is 43.3 Å². The summed E-state index contributed by atoms with van der Waals surface area (Å²) in [4.78, 5) is 26.1. The zero-order chi connectivity index (χ0) is 17.3. The van der Waals surface area contributed by atoms with E-state index in [1.165, 1.54) is 17.2 Å². The molecule has 4 nitrogen and oxygen atoms in total. The molecule has 3 aromatic rings. The second-order valence-electron chi connectivity index (χ2n) is 6.71. The zero-order valence-electron chi connectivity index (χ0n) is 13.6. The Bertz CT molecular complexity index is 1090. The summed E-state index contributed by atoms with van der Waals surface area (Å²) in [6.07, 6.45) is 1.80. The Morgan fingerprint density at radius 3 is 2.60 bits per heavy atom. The Morgan fingerprint density at radius 1 is 0.960 bits per heavy atom. The third-order valence-electron chi connectivity index (χ3n) is 5.38. The van der Waals surface area contributed by atoms with Crippen molar-refractivity contribution in [2.24, 2.45) is 0 Å². The topological polar surface area (TPSA) is 59.3 Å². The first-order valence-electron chi connectivity index (χ1n) is 8.30. The average molecular weight is 329 g/mol. The highest BCUT2D eigenvalue weighted by atomic mass is 16.3. The van der Waals surface area contributed by atoms with Gasteiger partial charge in [-0.25, -0.2) is 0 Å². The van der Waals surface area contributed by atoms with Gasteiger partial charge < -0.3 is 9.67 Å². The van der Waals surface area contributed by atoms with E-state index in [0.717, 1.165) is 5.69 Å². The fourth-order valence-corrected chi connectivity index (χ4v) is 4.25. The van der Waals surface area contributed by atoms with Gasteiger partial charge >= 0.3 is 0 Å². The van der Waals surface area contributed by atoms with Crippen LogP contribution in [0.4, 0.5) is 0 Å². The molecule has 0 amide bonds. The van der Waals surface area contributed by atoms with Crippen LogP contribution in [0.15, 0.2) is 48.7 Å². The van der Waals surface area contributed by atoms with Crippen LogP contribution < -0.4 is 0 Å². The molecule has 0 saturated carbocycles. The second kappa shape index (κ2) is 4.70. The Balaban J connectivity index is 1.79. The first kappa shape index (κ1) is 14.2. The van der Waals surface area contributed by atoms with Crippen molar-refractivity contribution in [2.45, 2.75) is 19.4 Å². The van der Waals surface area contributed by atoms with E-state index in [1.54, 1.807) is 18.3 Å². The van der Waals surface area contributed by atoms with Gasteiger partial charge in [0.25, 0.3) is 0 Å². The predicted octanol–water partition coefficient (Wildman–Crippen LogP) is 3.48. The molecule has 0 spiro atoms. The van der Waals surface area contributed by atoms with Crippen molar-refractivity contribution >= 4 is 11.6 Å². The highest BCUT2D eigenvalue weighted by Gasteiger charge is 2.39. The molecule has 0 radical (unpaired) electrons. The number of phenols is 1. The lowest BCUT2D eigenvalue weighted by Crippen LogP contribution is -2.23. The maximum atomic E-state index is 13.1.